The smallest absolute Gasteiger partial charge is 0.338 e. The van der Waals surface area contributed by atoms with E-state index < -0.39 is 18.0 Å². The number of alkyl halides is 2. The number of ether oxygens (including phenoxy) is 2. The van der Waals surface area contributed by atoms with E-state index in [1.165, 1.54) is 7.11 Å². The molecule has 1 aromatic rings. The van der Waals surface area contributed by atoms with Gasteiger partial charge in [0.1, 0.15) is 4.60 Å². The van der Waals surface area contributed by atoms with Gasteiger partial charge in [-0.15, -0.1) is 0 Å². The van der Waals surface area contributed by atoms with E-state index >= 15 is 0 Å². The van der Waals surface area contributed by atoms with Crippen LogP contribution in [0.2, 0.25) is 0 Å². The Labute approximate surface area is 105 Å². The molecule has 0 spiro atoms. The molecule has 0 bridgehead atoms. The van der Waals surface area contributed by atoms with E-state index in [2.05, 4.69) is 20.9 Å². The van der Waals surface area contributed by atoms with Crippen molar-refractivity contribution in [3.05, 3.63) is 21.8 Å². The van der Waals surface area contributed by atoms with Gasteiger partial charge in [0.25, 0.3) is 6.43 Å². The third kappa shape index (κ3) is 3.12. The molecule has 0 N–H and O–H groups in total. The van der Waals surface area contributed by atoms with E-state index in [1.54, 1.807) is 6.92 Å². The Hall–Kier alpha value is -1.24. The van der Waals surface area contributed by atoms with Crippen LogP contribution in [0.15, 0.2) is 10.7 Å². The zero-order valence-corrected chi connectivity index (χ0v) is 10.8. The predicted molar refractivity (Wildman–Crippen MR) is 59.4 cm³/mol. The summed E-state index contributed by atoms with van der Waals surface area (Å²) >= 11 is 2.88. The van der Waals surface area contributed by atoms with Crippen LogP contribution in [0, 0.1) is 0 Å². The summed E-state index contributed by atoms with van der Waals surface area (Å²) in [5.41, 5.74) is -0.746. The van der Waals surface area contributed by atoms with E-state index in [0.29, 0.717) is 0 Å². The van der Waals surface area contributed by atoms with Crippen LogP contribution in [-0.4, -0.2) is 24.7 Å². The first-order valence-corrected chi connectivity index (χ1v) is 5.50. The number of rotatable bonds is 4. The van der Waals surface area contributed by atoms with E-state index in [9.17, 15) is 13.6 Å². The average Bonchev–Trinajstić information content (AvgIpc) is 2.27. The van der Waals surface area contributed by atoms with Gasteiger partial charge < -0.3 is 9.47 Å². The molecule has 0 saturated carbocycles. The van der Waals surface area contributed by atoms with Crippen LogP contribution in [0.1, 0.15) is 29.3 Å². The van der Waals surface area contributed by atoms with E-state index in [4.69, 9.17) is 9.47 Å². The topological polar surface area (TPSA) is 48.4 Å². The van der Waals surface area contributed by atoms with E-state index in [1.807, 2.05) is 0 Å². The maximum Gasteiger partial charge on any atom is 0.338 e. The highest BCUT2D eigenvalue weighted by atomic mass is 79.9. The molecule has 1 heterocycles. The predicted octanol–water partition coefficient (Wildman–Crippen LogP) is 2.97. The summed E-state index contributed by atoms with van der Waals surface area (Å²) in [6.45, 7) is 1.69. The highest BCUT2D eigenvalue weighted by molar-refractivity contribution is 9.10. The number of aromatic nitrogens is 1. The number of pyridine rings is 1. The molecule has 0 aliphatic heterocycles. The van der Waals surface area contributed by atoms with Crippen molar-refractivity contribution in [2.24, 2.45) is 0 Å². The first kappa shape index (κ1) is 13.8. The summed E-state index contributed by atoms with van der Waals surface area (Å²) in [4.78, 5) is 15.3. The molecule has 7 heteroatoms. The fraction of sp³-hybridized carbons (Fsp3) is 0.400. The second-order valence-corrected chi connectivity index (χ2v) is 3.69. The summed E-state index contributed by atoms with van der Waals surface area (Å²) in [6.07, 6.45) is -2.83. The summed E-state index contributed by atoms with van der Waals surface area (Å²) in [6, 6.07) is 1.13. The lowest BCUT2D eigenvalue weighted by molar-refractivity contribution is 0.0514. The zero-order valence-electron chi connectivity index (χ0n) is 9.17. The summed E-state index contributed by atoms with van der Waals surface area (Å²) < 4.78 is 35.0. The zero-order chi connectivity index (χ0) is 13.0. The van der Waals surface area contributed by atoms with E-state index in [0.717, 1.165) is 6.07 Å². The quantitative estimate of drug-likeness (QED) is 0.634. The minimum atomic E-state index is -2.83. The van der Waals surface area contributed by atoms with Crippen LogP contribution in [-0.2, 0) is 4.74 Å². The first-order chi connectivity index (χ1) is 8.01. The first-order valence-electron chi connectivity index (χ1n) is 4.71. The molecule has 4 nitrogen and oxygen atoms in total. The Balaban J connectivity index is 3.32. The monoisotopic (exact) mass is 309 g/mol. The summed E-state index contributed by atoms with van der Waals surface area (Å²) in [5.74, 6) is -0.770. The Bertz CT molecular complexity index is 426. The SMILES string of the molecule is CCOC(=O)c1cc(OC)nc(Br)c1C(F)F. The maximum atomic E-state index is 12.8. The lowest BCUT2D eigenvalue weighted by Crippen LogP contribution is -2.10. The normalized spacial score (nSPS) is 10.5. The van der Waals surface area contributed by atoms with Crippen molar-refractivity contribution >= 4 is 21.9 Å². The maximum absolute atomic E-state index is 12.8. The number of hydrogen-bond donors (Lipinski definition) is 0. The number of carbonyl (C=O) groups is 1. The summed E-state index contributed by atoms with van der Waals surface area (Å²) in [7, 11) is 1.33. The fourth-order valence-electron chi connectivity index (χ4n) is 1.19. The van der Waals surface area contributed by atoms with Gasteiger partial charge in [0, 0.05) is 6.07 Å². The van der Waals surface area contributed by atoms with Crippen molar-refractivity contribution in [1.82, 2.24) is 4.98 Å². The number of carbonyl (C=O) groups excluding carboxylic acids is 1. The standard InChI is InChI=1S/C10H10BrF2NO3/c1-3-17-10(15)5-4-6(16-2)14-8(11)7(5)9(12)13/h4,9H,3H2,1-2H3. The van der Waals surface area contributed by atoms with Gasteiger partial charge in [-0.25, -0.2) is 18.6 Å². The Kier molecular flexibility index (Phi) is 4.80. The van der Waals surface area contributed by atoms with Crippen molar-refractivity contribution in [3.63, 3.8) is 0 Å². The molecule has 0 amide bonds. The highest BCUT2D eigenvalue weighted by Crippen LogP contribution is 2.32. The van der Waals surface area contributed by atoms with E-state index in [-0.39, 0.29) is 22.7 Å². The van der Waals surface area contributed by atoms with Crippen LogP contribution in [0.25, 0.3) is 0 Å². The number of hydrogen-bond acceptors (Lipinski definition) is 4. The molecule has 0 unspecified atom stereocenters. The van der Waals surface area contributed by atoms with Gasteiger partial charge in [-0.1, -0.05) is 0 Å². The largest absolute Gasteiger partial charge is 0.481 e. The van der Waals surface area contributed by atoms with Crippen molar-refractivity contribution in [3.8, 4) is 5.88 Å². The molecule has 0 aromatic carbocycles. The number of esters is 1. The Morgan fingerprint density at radius 3 is 2.71 bits per heavy atom. The Morgan fingerprint density at radius 2 is 2.24 bits per heavy atom. The van der Waals surface area contributed by atoms with Gasteiger partial charge in [-0.2, -0.15) is 0 Å². The molecule has 0 aliphatic rings. The number of methoxy groups -OCH3 is 1. The van der Waals surface area contributed by atoms with Gasteiger partial charge in [0.2, 0.25) is 5.88 Å². The van der Waals surface area contributed by atoms with Gasteiger partial charge in [-0.3, -0.25) is 0 Å². The molecule has 0 aliphatic carbocycles. The minimum absolute atomic E-state index is 0.0596. The van der Waals surface area contributed by atoms with Crippen LogP contribution >= 0.6 is 15.9 Å². The molecule has 17 heavy (non-hydrogen) atoms. The van der Waals surface area contributed by atoms with Crippen LogP contribution in [0.4, 0.5) is 8.78 Å². The highest BCUT2D eigenvalue weighted by Gasteiger charge is 2.24. The van der Waals surface area contributed by atoms with Gasteiger partial charge >= 0.3 is 5.97 Å². The molecular formula is C10H10BrF2NO3. The lowest BCUT2D eigenvalue weighted by atomic mass is 10.1. The molecule has 0 fully saturated rings. The minimum Gasteiger partial charge on any atom is -0.481 e. The van der Waals surface area contributed by atoms with Crippen molar-refractivity contribution in [2.45, 2.75) is 13.3 Å². The van der Waals surface area contributed by atoms with Gasteiger partial charge in [0.15, 0.2) is 0 Å². The lowest BCUT2D eigenvalue weighted by Gasteiger charge is -2.11. The Morgan fingerprint density at radius 1 is 1.59 bits per heavy atom. The molecule has 0 atom stereocenters. The van der Waals surface area contributed by atoms with Gasteiger partial charge in [0.05, 0.1) is 24.8 Å². The molecule has 1 aromatic heterocycles. The van der Waals surface area contributed by atoms with Gasteiger partial charge in [-0.05, 0) is 22.9 Å². The third-order valence-electron chi connectivity index (χ3n) is 1.91. The number of nitrogens with zero attached hydrogens (tertiary/aromatic N) is 1. The molecular weight excluding hydrogens is 300 g/mol. The second kappa shape index (κ2) is 5.90. The average molecular weight is 310 g/mol. The van der Waals surface area contributed by atoms with Crippen LogP contribution in [0.3, 0.4) is 0 Å². The van der Waals surface area contributed by atoms with Crippen molar-refractivity contribution in [2.75, 3.05) is 13.7 Å². The number of halogens is 3. The van der Waals surface area contributed by atoms with Crippen LogP contribution < -0.4 is 4.74 Å². The fourth-order valence-corrected chi connectivity index (χ4v) is 1.75. The van der Waals surface area contributed by atoms with Crippen molar-refractivity contribution in [1.29, 1.82) is 0 Å². The second-order valence-electron chi connectivity index (χ2n) is 2.94. The molecule has 0 saturated heterocycles. The third-order valence-corrected chi connectivity index (χ3v) is 2.52. The molecule has 1 rings (SSSR count). The van der Waals surface area contributed by atoms with Crippen molar-refractivity contribution < 1.29 is 23.0 Å². The molecule has 0 radical (unpaired) electrons. The summed E-state index contributed by atoms with van der Waals surface area (Å²) in [5, 5.41) is 0. The van der Waals surface area contributed by atoms with Crippen LogP contribution in [0.5, 0.6) is 5.88 Å². The molecule has 94 valence electrons.